The molecule has 0 bridgehead atoms. The number of nitrogens with zero attached hydrogens (tertiary/aromatic N) is 1. The molecule has 136 valence electrons. The Morgan fingerprint density at radius 2 is 1.80 bits per heavy atom. The summed E-state index contributed by atoms with van der Waals surface area (Å²) < 4.78 is 40.8. The van der Waals surface area contributed by atoms with Gasteiger partial charge in [0.05, 0.1) is 15.7 Å². The molecule has 1 heterocycles. The van der Waals surface area contributed by atoms with Crippen molar-refractivity contribution in [3.05, 3.63) is 57.3 Å². The van der Waals surface area contributed by atoms with Gasteiger partial charge in [-0.25, -0.2) is 12.8 Å². The molecule has 2 aromatic rings. The number of nitrogens with two attached hydrogens (primary N) is 1. The van der Waals surface area contributed by atoms with Gasteiger partial charge in [-0.1, -0.05) is 35.3 Å². The number of aryl methyl sites for hydroxylation is 1. The third-order valence-electron chi connectivity index (χ3n) is 3.97. The molecular formula is C16H16Cl3FN2O2S. The van der Waals surface area contributed by atoms with Crippen LogP contribution in [-0.4, -0.2) is 15.0 Å². The summed E-state index contributed by atoms with van der Waals surface area (Å²) in [5.41, 5.74) is 8.07. The fraction of sp³-hybridized carbons (Fsp3) is 0.250. The molecule has 0 aromatic heterocycles. The average Bonchev–Trinajstić information content (AvgIpc) is 2.52. The molecule has 1 aliphatic heterocycles. The van der Waals surface area contributed by atoms with Crippen molar-refractivity contribution in [2.75, 3.05) is 10.8 Å². The lowest BCUT2D eigenvalue weighted by Crippen LogP contribution is -2.36. The van der Waals surface area contributed by atoms with Gasteiger partial charge in [-0.3, -0.25) is 4.31 Å². The summed E-state index contributed by atoms with van der Waals surface area (Å²) in [5, 5.41) is -0.462. The first-order valence-corrected chi connectivity index (χ1v) is 9.53. The number of fused-ring (bicyclic) bond motifs is 1. The van der Waals surface area contributed by atoms with E-state index in [1.54, 1.807) is 12.1 Å². The molecule has 0 amide bonds. The second kappa shape index (κ2) is 7.68. The van der Waals surface area contributed by atoms with Gasteiger partial charge in [-0.2, -0.15) is 0 Å². The second-order valence-corrected chi connectivity index (χ2v) is 8.16. The Morgan fingerprint density at radius 1 is 1.16 bits per heavy atom. The van der Waals surface area contributed by atoms with Gasteiger partial charge in [0, 0.05) is 13.1 Å². The normalized spacial score (nSPS) is 14.0. The quantitative estimate of drug-likeness (QED) is 0.803. The standard InChI is InChI=1S/C16H15Cl2FN2O2S.ClH/c17-13-7-12(19)8-14(18)16(13)24(22,23)21-5-1-2-11-6-10(9-20)3-4-15(11)21;/h3-4,6-8H,1-2,5,9,20H2;1H. The van der Waals surface area contributed by atoms with Crippen LogP contribution >= 0.6 is 35.6 Å². The zero-order chi connectivity index (χ0) is 17.5. The van der Waals surface area contributed by atoms with E-state index in [2.05, 4.69) is 0 Å². The first-order valence-electron chi connectivity index (χ1n) is 7.33. The Hall–Kier alpha value is -1.05. The molecule has 0 radical (unpaired) electrons. The van der Waals surface area contributed by atoms with Gasteiger partial charge < -0.3 is 5.73 Å². The number of benzene rings is 2. The van der Waals surface area contributed by atoms with Crippen LogP contribution in [0.5, 0.6) is 0 Å². The smallest absolute Gasteiger partial charge is 0.267 e. The van der Waals surface area contributed by atoms with Crippen LogP contribution in [-0.2, 0) is 23.0 Å². The Kier molecular flexibility index (Phi) is 6.22. The first-order chi connectivity index (χ1) is 11.3. The minimum absolute atomic E-state index is 0. The summed E-state index contributed by atoms with van der Waals surface area (Å²) in [6, 6.07) is 7.33. The largest absolute Gasteiger partial charge is 0.326 e. The summed E-state index contributed by atoms with van der Waals surface area (Å²) in [4.78, 5) is -0.275. The highest BCUT2D eigenvalue weighted by molar-refractivity contribution is 7.93. The SMILES string of the molecule is Cl.NCc1ccc2c(c1)CCCN2S(=O)(=O)c1c(Cl)cc(F)cc1Cl. The van der Waals surface area contributed by atoms with Crippen LogP contribution in [0.25, 0.3) is 0 Å². The van der Waals surface area contributed by atoms with Crippen LogP contribution < -0.4 is 10.0 Å². The van der Waals surface area contributed by atoms with Gasteiger partial charge >= 0.3 is 0 Å². The van der Waals surface area contributed by atoms with E-state index in [4.69, 9.17) is 28.9 Å². The van der Waals surface area contributed by atoms with Crippen LogP contribution in [0, 0.1) is 5.82 Å². The number of hydrogen-bond donors (Lipinski definition) is 1. The number of hydrogen-bond acceptors (Lipinski definition) is 3. The Bertz CT molecular complexity index is 883. The summed E-state index contributed by atoms with van der Waals surface area (Å²) in [6.45, 7) is 0.691. The molecule has 25 heavy (non-hydrogen) atoms. The summed E-state index contributed by atoms with van der Waals surface area (Å²) in [5.74, 6) is -0.685. The van der Waals surface area contributed by atoms with Gasteiger partial charge in [0.25, 0.3) is 10.0 Å². The van der Waals surface area contributed by atoms with Crippen molar-refractivity contribution in [1.29, 1.82) is 0 Å². The summed E-state index contributed by atoms with van der Waals surface area (Å²) in [6.07, 6.45) is 1.43. The van der Waals surface area contributed by atoms with Gasteiger partial charge in [-0.15, -0.1) is 12.4 Å². The third-order valence-corrected chi connectivity index (χ3v) is 6.70. The summed E-state index contributed by atoms with van der Waals surface area (Å²) >= 11 is 11.9. The molecule has 1 aliphatic rings. The fourth-order valence-corrected chi connectivity index (χ4v) is 5.56. The number of sulfonamides is 1. The van der Waals surface area contributed by atoms with E-state index < -0.39 is 15.8 Å². The number of anilines is 1. The van der Waals surface area contributed by atoms with Gasteiger partial charge in [0.15, 0.2) is 0 Å². The van der Waals surface area contributed by atoms with Crippen molar-refractivity contribution in [2.24, 2.45) is 5.73 Å². The van der Waals surface area contributed by atoms with Crippen LogP contribution in [0.3, 0.4) is 0 Å². The molecule has 2 N–H and O–H groups in total. The predicted octanol–water partition coefficient (Wildman–Crippen LogP) is 4.15. The molecule has 0 saturated heterocycles. The van der Waals surface area contributed by atoms with Crippen LogP contribution in [0.15, 0.2) is 35.2 Å². The first kappa shape index (κ1) is 20.3. The lowest BCUT2D eigenvalue weighted by molar-refractivity contribution is 0.585. The maximum absolute atomic E-state index is 13.4. The summed E-state index contributed by atoms with van der Waals surface area (Å²) in [7, 11) is -4.00. The van der Waals surface area contributed by atoms with E-state index in [1.165, 1.54) is 4.31 Å². The van der Waals surface area contributed by atoms with Gasteiger partial charge in [0.2, 0.25) is 0 Å². The zero-order valence-electron chi connectivity index (χ0n) is 13.0. The molecule has 9 heteroatoms. The Morgan fingerprint density at radius 3 is 2.40 bits per heavy atom. The van der Waals surface area contributed by atoms with Gasteiger partial charge in [0.1, 0.15) is 10.7 Å². The van der Waals surface area contributed by atoms with E-state index in [0.717, 1.165) is 29.7 Å². The van der Waals surface area contributed by atoms with Crippen molar-refractivity contribution in [3.8, 4) is 0 Å². The molecule has 0 atom stereocenters. The lowest BCUT2D eigenvalue weighted by Gasteiger charge is -2.31. The highest BCUT2D eigenvalue weighted by Gasteiger charge is 2.33. The second-order valence-electron chi connectivity index (χ2n) is 5.55. The zero-order valence-corrected chi connectivity index (χ0v) is 16.2. The third kappa shape index (κ3) is 3.73. The minimum atomic E-state index is -4.00. The highest BCUT2D eigenvalue weighted by atomic mass is 35.5. The molecule has 0 spiro atoms. The minimum Gasteiger partial charge on any atom is -0.326 e. The number of rotatable bonds is 3. The molecule has 0 aliphatic carbocycles. The van der Waals surface area contributed by atoms with Crippen molar-refractivity contribution >= 4 is 51.3 Å². The molecule has 0 fully saturated rings. The number of halogens is 4. The van der Waals surface area contributed by atoms with Crippen molar-refractivity contribution in [1.82, 2.24) is 0 Å². The van der Waals surface area contributed by atoms with E-state index in [9.17, 15) is 12.8 Å². The maximum Gasteiger partial charge on any atom is 0.267 e. The van der Waals surface area contributed by atoms with E-state index >= 15 is 0 Å². The maximum atomic E-state index is 13.4. The van der Waals surface area contributed by atoms with Gasteiger partial charge in [-0.05, 0) is 42.2 Å². The molecule has 4 nitrogen and oxygen atoms in total. The van der Waals surface area contributed by atoms with E-state index in [1.807, 2.05) is 6.07 Å². The van der Waals surface area contributed by atoms with E-state index in [0.29, 0.717) is 25.2 Å². The lowest BCUT2D eigenvalue weighted by atomic mass is 10.0. The van der Waals surface area contributed by atoms with Crippen LogP contribution in [0.1, 0.15) is 17.5 Å². The Labute approximate surface area is 162 Å². The van der Waals surface area contributed by atoms with E-state index in [-0.39, 0.29) is 27.3 Å². The topological polar surface area (TPSA) is 63.4 Å². The van der Waals surface area contributed by atoms with Crippen LogP contribution in [0.4, 0.5) is 10.1 Å². The van der Waals surface area contributed by atoms with Crippen molar-refractivity contribution in [2.45, 2.75) is 24.3 Å². The highest BCUT2D eigenvalue weighted by Crippen LogP contribution is 2.38. The predicted molar refractivity (Wildman–Crippen MR) is 101 cm³/mol. The average molecular weight is 426 g/mol. The molecule has 0 saturated carbocycles. The fourth-order valence-electron chi connectivity index (χ4n) is 2.88. The monoisotopic (exact) mass is 424 g/mol. The molecular weight excluding hydrogens is 410 g/mol. The van der Waals surface area contributed by atoms with Crippen molar-refractivity contribution in [3.63, 3.8) is 0 Å². The molecule has 0 unspecified atom stereocenters. The Balaban J connectivity index is 0.00000225. The van der Waals surface area contributed by atoms with Crippen LogP contribution in [0.2, 0.25) is 10.0 Å². The van der Waals surface area contributed by atoms with Crippen molar-refractivity contribution < 1.29 is 12.8 Å². The molecule has 2 aromatic carbocycles. The molecule has 3 rings (SSSR count).